The van der Waals surface area contributed by atoms with Crippen molar-refractivity contribution in [2.24, 2.45) is 5.73 Å². The maximum absolute atomic E-state index is 10.6. The lowest BCUT2D eigenvalue weighted by Gasteiger charge is -2.10. The second-order valence-electron chi connectivity index (χ2n) is 5.53. The van der Waals surface area contributed by atoms with Gasteiger partial charge in [-0.2, -0.15) is 11.8 Å². The molecule has 0 unspecified atom stereocenters. The van der Waals surface area contributed by atoms with Crippen LogP contribution in [0.3, 0.4) is 0 Å². The van der Waals surface area contributed by atoms with Gasteiger partial charge in [-0.15, -0.1) is 0 Å². The van der Waals surface area contributed by atoms with Gasteiger partial charge in [-0.1, -0.05) is 49.7 Å². The van der Waals surface area contributed by atoms with Crippen LogP contribution in [0, 0.1) is 0 Å². The summed E-state index contributed by atoms with van der Waals surface area (Å²) in [5.74, 6) is 3.83. The Bertz CT molecular complexity index is 610. The van der Waals surface area contributed by atoms with E-state index >= 15 is 0 Å². The lowest BCUT2D eigenvalue weighted by Crippen LogP contribution is -2.23. The van der Waals surface area contributed by atoms with Crippen LogP contribution in [0.1, 0.15) is 25.3 Å². The summed E-state index contributed by atoms with van der Waals surface area (Å²) in [6, 6.07) is 18.1. The first-order valence-electron chi connectivity index (χ1n) is 9.02. The third-order valence-corrected chi connectivity index (χ3v) is 4.53. The number of nitrogens with two attached hydrogens (primary N) is 1. The molecule has 1 aliphatic heterocycles. The Hall–Kier alpha value is -1.98. The van der Waals surface area contributed by atoms with E-state index in [9.17, 15) is 4.79 Å². The zero-order valence-electron chi connectivity index (χ0n) is 15.7. The fourth-order valence-electron chi connectivity index (χ4n) is 2.31. The molecule has 26 heavy (non-hydrogen) atoms. The quantitative estimate of drug-likeness (QED) is 0.840. The maximum atomic E-state index is 10.6. The number of aryl methyl sites for hydroxylation is 1. The largest absolute Gasteiger partial charge is 0.457 e. The van der Waals surface area contributed by atoms with Gasteiger partial charge in [0, 0.05) is 6.54 Å². The van der Waals surface area contributed by atoms with E-state index in [-0.39, 0.29) is 5.91 Å². The summed E-state index contributed by atoms with van der Waals surface area (Å²) in [7, 11) is 1.50. The van der Waals surface area contributed by atoms with E-state index in [0.29, 0.717) is 5.75 Å². The summed E-state index contributed by atoms with van der Waals surface area (Å²) >= 11 is 1.71. The molecule has 0 bridgehead atoms. The molecule has 142 valence electrons. The van der Waals surface area contributed by atoms with Gasteiger partial charge in [0.1, 0.15) is 11.5 Å². The molecule has 1 fully saturated rings. The van der Waals surface area contributed by atoms with Gasteiger partial charge in [0.05, 0.1) is 5.75 Å². The first-order valence-corrected chi connectivity index (χ1v) is 10.2. The number of para-hydroxylation sites is 2. The van der Waals surface area contributed by atoms with Crippen LogP contribution in [0.2, 0.25) is 0 Å². The molecule has 0 atom stereocenters. The molecule has 1 heterocycles. The number of nitrogens with one attached hydrogen (secondary N) is 1. The molecule has 0 spiro atoms. The van der Waals surface area contributed by atoms with Crippen molar-refractivity contribution in [3.8, 4) is 11.5 Å². The molecule has 4 nitrogen and oxygen atoms in total. The topological polar surface area (TPSA) is 64.3 Å². The van der Waals surface area contributed by atoms with Crippen LogP contribution in [-0.4, -0.2) is 31.0 Å². The van der Waals surface area contributed by atoms with Crippen molar-refractivity contribution in [2.45, 2.75) is 26.2 Å². The van der Waals surface area contributed by atoms with E-state index in [1.54, 1.807) is 11.8 Å². The normalized spacial score (nSPS) is 13.1. The van der Waals surface area contributed by atoms with Gasteiger partial charge in [-0.05, 0) is 49.4 Å². The standard InChI is InChI=1S/C15H16O.C5H9NOS.CH5N/c1-2-8-13-9-6-7-12-15(13)16-14-10-4-3-5-11-14;7-5-4-8-3-1-2-6-5;1-2/h3-7,9-12H,2,8H2,1H3;1-4H2,(H,6,7);2H2,1H3. The van der Waals surface area contributed by atoms with Crippen molar-refractivity contribution >= 4 is 17.7 Å². The maximum Gasteiger partial charge on any atom is 0.229 e. The number of benzene rings is 2. The number of carbonyl (C=O) groups is 1. The number of ether oxygens (including phenoxy) is 1. The Balaban J connectivity index is 0.000000284. The average molecular weight is 375 g/mol. The van der Waals surface area contributed by atoms with Crippen molar-refractivity contribution in [2.75, 3.05) is 25.1 Å². The Kier molecular flexibility index (Phi) is 12.1. The van der Waals surface area contributed by atoms with E-state index in [4.69, 9.17) is 4.74 Å². The minimum absolute atomic E-state index is 0.188. The van der Waals surface area contributed by atoms with Crippen LogP contribution in [0.25, 0.3) is 0 Å². The van der Waals surface area contributed by atoms with E-state index in [0.717, 1.165) is 43.1 Å². The van der Waals surface area contributed by atoms with Crippen LogP contribution in [0.4, 0.5) is 0 Å². The third kappa shape index (κ3) is 8.92. The number of rotatable bonds is 4. The predicted octanol–water partition coefficient (Wildman–Crippen LogP) is 4.25. The van der Waals surface area contributed by atoms with Crippen molar-refractivity contribution in [1.29, 1.82) is 0 Å². The van der Waals surface area contributed by atoms with Crippen LogP contribution in [-0.2, 0) is 11.2 Å². The summed E-state index contributed by atoms with van der Waals surface area (Å²) < 4.78 is 5.86. The van der Waals surface area contributed by atoms with E-state index in [2.05, 4.69) is 30.1 Å². The molecule has 3 rings (SSSR count). The molecule has 1 aliphatic rings. The fourth-order valence-corrected chi connectivity index (χ4v) is 3.09. The lowest BCUT2D eigenvalue weighted by molar-refractivity contribution is -0.118. The molecule has 3 N–H and O–H groups in total. The molecule has 0 aromatic heterocycles. The van der Waals surface area contributed by atoms with Gasteiger partial charge < -0.3 is 15.8 Å². The zero-order chi connectivity index (χ0) is 19.0. The molecule has 0 aliphatic carbocycles. The highest BCUT2D eigenvalue weighted by atomic mass is 32.2. The molecule has 1 saturated heterocycles. The van der Waals surface area contributed by atoms with Gasteiger partial charge in [0.25, 0.3) is 0 Å². The fraction of sp³-hybridized carbons (Fsp3) is 0.381. The Labute approximate surface area is 161 Å². The van der Waals surface area contributed by atoms with Crippen LogP contribution in [0.5, 0.6) is 11.5 Å². The minimum atomic E-state index is 0.188. The SMILES string of the molecule is CCCc1ccccc1Oc1ccccc1.CN.O=C1CSCCCN1. The van der Waals surface area contributed by atoms with Crippen LogP contribution >= 0.6 is 11.8 Å². The lowest BCUT2D eigenvalue weighted by atomic mass is 10.1. The summed E-state index contributed by atoms with van der Waals surface area (Å²) in [6.07, 6.45) is 3.31. The van der Waals surface area contributed by atoms with Gasteiger partial charge >= 0.3 is 0 Å². The Morgan fingerprint density at radius 3 is 2.50 bits per heavy atom. The molecule has 2 aromatic carbocycles. The number of hydrogen-bond acceptors (Lipinski definition) is 4. The summed E-state index contributed by atoms with van der Waals surface area (Å²) in [5, 5.41) is 2.78. The molecular formula is C21H30N2O2S. The van der Waals surface area contributed by atoms with Crippen molar-refractivity contribution in [3.05, 3.63) is 60.2 Å². The monoisotopic (exact) mass is 374 g/mol. The second kappa shape index (κ2) is 14.2. The van der Waals surface area contributed by atoms with Crippen molar-refractivity contribution < 1.29 is 9.53 Å². The summed E-state index contributed by atoms with van der Waals surface area (Å²) in [5.41, 5.74) is 5.77. The first-order chi connectivity index (χ1) is 12.8. The van der Waals surface area contributed by atoms with Gasteiger partial charge in [-0.25, -0.2) is 0 Å². The van der Waals surface area contributed by atoms with Crippen molar-refractivity contribution in [1.82, 2.24) is 5.32 Å². The molecular weight excluding hydrogens is 344 g/mol. The summed E-state index contributed by atoms with van der Waals surface area (Å²) in [4.78, 5) is 10.6. The van der Waals surface area contributed by atoms with Crippen LogP contribution in [0.15, 0.2) is 54.6 Å². The van der Waals surface area contributed by atoms with E-state index in [1.807, 2.05) is 42.5 Å². The zero-order valence-corrected chi connectivity index (χ0v) is 16.6. The molecule has 5 heteroatoms. The third-order valence-electron chi connectivity index (χ3n) is 3.48. The highest BCUT2D eigenvalue weighted by Gasteiger charge is 2.04. The molecule has 0 saturated carbocycles. The highest BCUT2D eigenvalue weighted by molar-refractivity contribution is 7.99. The number of hydrogen-bond donors (Lipinski definition) is 2. The first kappa shape index (κ1) is 22.1. The predicted molar refractivity (Wildman–Crippen MR) is 112 cm³/mol. The average Bonchev–Trinajstić information content (AvgIpc) is 2.94. The summed E-state index contributed by atoms with van der Waals surface area (Å²) in [6.45, 7) is 3.05. The molecule has 1 amide bonds. The van der Waals surface area contributed by atoms with Crippen molar-refractivity contribution in [3.63, 3.8) is 0 Å². The number of thioether (sulfide) groups is 1. The minimum Gasteiger partial charge on any atom is -0.457 e. The van der Waals surface area contributed by atoms with E-state index < -0.39 is 0 Å². The smallest absolute Gasteiger partial charge is 0.229 e. The van der Waals surface area contributed by atoms with E-state index in [1.165, 1.54) is 12.6 Å². The molecule has 2 aromatic rings. The van der Waals surface area contributed by atoms with Crippen LogP contribution < -0.4 is 15.8 Å². The van der Waals surface area contributed by atoms with Gasteiger partial charge in [0.2, 0.25) is 5.91 Å². The highest BCUT2D eigenvalue weighted by Crippen LogP contribution is 2.25. The number of amides is 1. The van der Waals surface area contributed by atoms with Gasteiger partial charge in [-0.3, -0.25) is 4.79 Å². The second-order valence-corrected chi connectivity index (χ2v) is 6.63. The number of carbonyl (C=O) groups excluding carboxylic acids is 1. The van der Waals surface area contributed by atoms with Gasteiger partial charge in [0.15, 0.2) is 0 Å². The molecule has 0 radical (unpaired) electrons. The Morgan fingerprint density at radius 2 is 1.77 bits per heavy atom. The Morgan fingerprint density at radius 1 is 1.08 bits per heavy atom.